The summed E-state index contributed by atoms with van der Waals surface area (Å²) in [6.45, 7) is 0. The summed E-state index contributed by atoms with van der Waals surface area (Å²) in [5.41, 5.74) is -4.18. The summed E-state index contributed by atoms with van der Waals surface area (Å²) in [6.07, 6.45) is 3.99. The van der Waals surface area contributed by atoms with Crippen LogP contribution >= 0.6 is 0 Å². The monoisotopic (exact) mass is 486 g/mol. The van der Waals surface area contributed by atoms with Gasteiger partial charge in [0.25, 0.3) is 15.7 Å². The average molecular weight is 486 g/mol. The number of nitrogens with one attached hydrogen (secondary N) is 1. The van der Waals surface area contributed by atoms with Gasteiger partial charge in [0.1, 0.15) is 0 Å². The summed E-state index contributed by atoms with van der Waals surface area (Å²) >= 11 is 0. The van der Waals surface area contributed by atoms with E-state index in [-0.39, 0.29) is 34.7 Å². The highest BCUT2D eigenvalue weighted by Crippen LogP contribution is 2.34. The zero-order valence-electron chi connectivity index (χ0n) is 16.5. The molecule has 0 saturated heterocycles. The Labute approximate surface area is 182 Å². The summed E-state index contributed by atoms with van der Waals surface area (Å²) in [5.74, 6) is -0.553. The quantitative estimate of drug-likeness (QED) is 0.694. The number of rotatable bonds is 5. The molecule has 7 nitrogen and oxygen atoms in total. The van der Waals surface area contributed by atoms with E-state index < -0.39 is 36.0 Å². The van der Waals surface area contributed by atoms with Gasteiger partial charge in [-0.15, -0.1) is 0 Å². The van der Waals surface area contributed by atoms with Crippen molar-refractivity contribution in [3.05, 3.63) is 70.9 Å². The molecule has 1 aliphatic rings. The Morgan fingerprint density at radius 2 is 1.66 bits per heavy atom. The topological polar surface area (TPSA) is 110 Å². The van der Waals surface area contributed by atoms with Gasteiger partial charge in [-0.25, -0.2) is 16.8 Å². The predicted octanol–water partition coefficient (Wildman–Crippen LogP) is 3.38. The van der Waals surface area contributed by atoms with Crippen molar-refractivity contribution in [2.45, 2.75) is 23.2 Å². The number of sulfone groups is 2. The number of benzene rings is 1. The van der Waals surface area contributed by atoms with Crippen LogP contribution < -0.4 is 5.32 Å². The highest BCUT2D eigenvalue weighted by atomic mass is 32.2. The number of allylic oxidation sites excluding steroid dienone is 4. The molecule has 1 amide bonds. The molecule has 1 aromatic heterocycles. The van der Waals surface area contributed by atoms with Crippen LogP contribution in [0.5, 0.6) is 0 Å². The Hall–Kier alpha value is -2.99. The molecule has 1 aromatic carbocycles. The van der Waals surface area contributed by atoms with Crippen molar-refractivity contribution in [1.82, 2.24) is 10.3 Å². The van der Waals surface area contributed by atoms with E-state index in [1.54, 1.807) is 0 Å². The largest absolute Gasteiger partial charge is 0.501 e. The molecule has 1 aliphatic carbocycles. The van der Waals surface area contributed by atoms with Crippen molar-refractivity contribution in [3.8, 4) is 11.3 Å². The molecular formula is C20H17F3N2O5S2. The van der Waals surface area contributed by atoms with Crippen LogP contribution in [-0.2, 0) is 19.7 Å². The van der Waals surface area contributed by atoms with Crippen LogP contribution in [0.25, 0.3) is 11.3 Å². The van der Waals surface area contributed by atoms with Crippen LogP contribution in [0.2, 0.25) is 0 Å². The Morgan fingerprint density at radius 3 is 2.19 bits per heavy atom. The number of hydrogen-bond donors (Lipinski definition) is 1. The smallest absolute Gasteiger partial charge is 0.326 e. The standard InChI is InChI=1S/C20H17F3N2O5S2/c1-31(27,28)17-3-2-12-24-18(17)13-4-6-14(7-5-13)19(26)25-15-8-10-16(11-9-15)32(29,30)20(21,22)23/h2-8,10,12H,9,11H2,1H3,(H,25,26). The van der Waals surface area contributed by atoms with Gasteiger partial charge in [-0.3, -0.25) is 9.78 Å². The maximum atomic E-state index is 12.6. The second-order valence-corrected chi connectivity index (χ2v) is 10.9. The number of aromatic nitrogens is 1. The third-order valence-corrected chi connectivity index (χ3v) is 7.39. The first kappa shape index (κ1) is 23.7. The van der Waals surface area contributed by atoms with Crippen LogP contribution in [0.15, 0.2) is 70.2 Å². The van der Waals surface area contributed by atoms with Gasteiger partial charge in [0.15, 0.2) is 9.84 Å². The molecule has 0 radical (unpaired) electrons. The second kappa shape index (κ2) is 8.51. The Morgan fingerprint density at radius 1 is 1.00 bits per heavy atom. The van der Waals surface area contributed by atoms with Gasteiger partial charge < -0.3 is 5.32 Å². The number of nitrogens with zero attached hydrogens (tertiary/aromatic N) is 1. The first-order valence-corrected chi connectivity index (χ1v) is 12.5. The van der Waals surface area contributed by atoms with Gasteiger partial charge >= 0.3 is 5.51 Å². The molecule has 1 N–H and O–H groups in total. The van der Waals surface area contributed by atoms with E-state index in [9.17, 15) is 34.8 Å². The van der Waals surface area contributed by atoms with Gasteiger partial charge in [0.2, 0.25) is 0 Å². The molecule has 0 spiro atoms. The third kappa shape index (κ3) is 4.91. The maximum absolute atomic E-state index is 12.6. The Kier molecular flexibility index (Phi) is 6.29. The number of carbonyl (C=O) groups excluding carboxylic acids is 1. The maximum Gasteiger partial charge on any atom is 0.501 e. The Bertz CT molecular complexity index is 1330. The van der Waals surface area contributed by atoms with Gasteiger partial charge in [-0.05, 0) is 49.3 Å². The molecule has 0 atom stereocenters. The van der Waals surface area contributed by atoms with E-state index in [1.807, 2.05) is 0 Å². The number of halogens is 3. The van der Waals surface area contributed by atoms with Crippen molar-refractivity contribution in [3.63, 3.8) is 0 Å². The number of amides is 1. The normalized spacial score (nSPS) is 15.0. The summed E-state index contributed by atoms with van der Waals surface area (Å²) in [7, 11) is -8.91. The van der Waals surface area contributed by atoms with Crippen LogP contribution in [-0.4, -0.2) is 39.5 Å². The summed E-state index contributed by atoms with van der Waals surface area (Å²) in [4.78, 5) is 15.8. The lowest BCUT2D eigenvalue weighted by Gasteiger charge is -2.17. The molecule has 0 aliphatic heterocycles. The second-order valence-electron chi connectivity index (χ2n) is 6.93. The van der Waals surface area contributed by atoms with Crippen molar-refractivity contribution in [1.29, 1.82) is 0 Å². The lowest BCUT2D eigenvalue weighted by atomic mass is 10.1. The SMILES string of the molecule is CS(=O)(=O)c1cccnc1-c1ccc(C(=O)NC2=CC=C(S(=O)(=O)C(F)(F)F)CC2)cc1. The van der Waals surface area contributed by atoms with Crippen LogP contribution in [0.4, 0.5) is 13.2 Å². The third-order valence-electron chi connectivity index (χ3n) is 4.63. The summed E-state index contributed by atoms with van der Waals surface area (Å²) in [6, 6.07) is 8.87. The lowest BCUT2D eigenvalue weighted by Crippen LogP contribution is -2.27. The minimum Gasteiger partial charge on any atom is -0.326 e. The van der Waals surface area contributed by atoms with Crippen LogP contribution in [0.1, 0.15) is 23.2 Å². The fourth-order valence-corrected chi connectivity index (χ4v) is 4.76. The fourth-order valence-electron chi connectivity index (χ4n) is 3.00. The number of hydrogen-bond acceptors (Lipinski definition) is 6. The van der Waals surface area contributed by atoms with Crippen molar-refractivity contribution in [2.24, 2.45) is 0 Å². The van der Waals surface area contributed by atoms with Crippen molar-refractivity contribution >= 4 is 25.6 Å². The van der Waals surface area contributed by atoms with E-state index in [0.29, 0.717) is 5.56 Å². The number of pyridine rings is 1. The van der Waals surface area contributed by atoms with Gasteiger partial charge in [-0.1, -0.05) is 12.1 Å². The molecular weight excluding hydrogens is 469 g/mol. The van der Waals surface area contributed by atoms with Gasteiger partial charge in [0.05, 0.1) is 15.5 Å². The summed E-state index contributed by atoms with van der Waals surface area (Å²) < 4.78 is 84.7. The van der Waals surface area contributed by atoms with E-state index >= 15 is 0 Å². The minimum atomic E-state index is -5.39. The predicted molar refractivity (Wildman–Crippen MR) is 111 cm³/mol. The highest BCUT2D eigenvalue weighted by molar-refractivity contribution is 7.96. The number of carbonyl (C=O) groups is 1. The van der Waals surface area contributed by atoms with Crippen molar-refractivity contribution < 1.29 is 34.8 Å². The molecule has 0 saturated carbocycles. The zero-order chi connectivity index (χ0) is 23.7. The molecule has 0 unspecified atom stereocenters. The fraction of sp³-hybridized carbons (Fsp3) is 0.200. The highest BCUT2D eigenvalue weighted by Gasteiger charge is 2.48. The Balaban J connectivity index is 1.78. The number of alkyl halides is 3. The van der Waals surface area contributed by atoms with Gasteiger partial charge in [-0.2, -0.15) is 13.2 Å². The van der Waals surface area contributed by atoms with E-state index in [4.69, 9.17) is 0 Å². The molecule has 0 fully saturated rings. The van der Waals surface area contributed by atoms with Crippen LogP contribution in [0, 0.1) is 0 Å². The molecule has 3 rings (SSSR count). The molecule has 2 aromatic rings. The van der Waals surface area contributed by atoms with E-state index in [0.717, 1.165) is 18.4 Å². The minimum absolute atomic E-state index is 0.0426. The zero-order valence-corrected chi connectivity index (χ0v) is 18.2. The van der Waals surface area contributed by atoms with E-state index in [2.05, 4.69) is 10.3 Å². The first-order chi connectivity index (χ1) is 14.8. The first-order valence-electron chi connectivity index (χ1n) is 9.08. The van der Waals surface area contributed by atoms with Gasteiger partial charge in [0, 0.05) is 29.3 Å². The molecule has 1 heterocycles. The lowest BCUT2D eigenvalue weighted by molar-refractivity contribution is -0.0427. The average Bonchev–Trinajstić information content (AvgIpc) is 2.73. The molecule has 0 bridgehead atoms. The van der Waals surface area contributed by atoms with Crippen LogP contribution in [0.3, 0.4) is 0 Å². The van der Waals surface area contributed by atoms with E-state index in [1.165, 1.54) is 42.6 Å². The molecule has 32 heavy (non-hydrogen) atoms. The molecule has 12 heteroatoms. The van der Waals surface area contributed by atoms with Crippen molar-refractivity contribution in [2.75, 3.05) is 6.26 Å². The molecule has 170 valence electrons. The summed E-state index contributed by atoms with van der Waals surface area (Å²) in [5, 5.41) is 2.53.